The first-order valence-electron chi connectivity index (χ1n) is 15.5. The van der Waals surface area contributed by atoms with E-state index in [0.29, 0.717) is 11.1 Å². The number of aliphatic hydroxyl groups excluding tert-OH is 7. The number of hydrogen-bond acceptors (Lipinski definition) is 17. The summed E-state index contributed by atoms with van der Waals surface area (Å²) in [5.74, 6) is -5.03. The molecule has 50 heavy (non-hydrogen) atoms. The normalized spacial score (nSPS) is 37.8. The van der Waals surface area contributed by atoms with Crippen LogP contribution in [-0.2, 0) is 35.0 Å². The zero-order valence-corrected chi connectivity index (χ0v) is 26.0. The van der Waals surface area contributed by atoms with Crippen molar-refractivity contribution < 1.29 is 94.4 Å². The molecule has 20 nitrogen and oxygen atoms in total. The van der Waals surface area contributed by atoms with Crippen molar-refractivity contribution in [3.8, 4) is 11.5 Å². The van der Waals surface area contributed by atoms with Crippen molar-refractivity contribution in [3.63, 3.8) is 0 Å². The van der Waals surface area contributed by atoms with Gasteiger partial charge in [-0.1, -0.05) is 0 Å². The number of hydrogen-bond donors (Lipinski definition) is 12. The summed E-state index contributed by atoms with van der Waals surface area (Å²) in [7, 11) is 0. The molecule has 4 aliphatic heterocycles. The Bertz CT molecular complexity index is 1520. The average molecular weight is 715 g/mol. The maximum Gasteiger partial charge on any atom is 0.351 e. The second-order valence-electron chi connectivity index (χ2n) is 12.3. The van der Waals surface area contributed by atoms with Crippen LogP contribution in [0.1, 0.15) is 12.0 Å². The number of carboxylic acid groups (broad SMARTS) is 3. The summed E-state index contributed by atoms with van der Waals surface area (Å²) < 4.78 is 22.4. The van der Waals surface area contributed by atoms with Crippen molar-refractivity contribution in [3.05, 3.63) is 41.1 Å². The van der Waals surface area contributed by atoms with Gasteiger partial charge in [0.1, 0.15) is 78.7 Å². The third-order valence-corrected chi connectivity index (χ3v) is 9.08. The first-order chi connectivity index (χ1) is 23.6. The molecule has 20 heteroatoms. The Morgan fingerprint density at radius 2 is 1.56 bits per heavy atom. The summed E-state index contributed by atoms with van der Waals surface area (Å²) in [5, 5.41) is 116. The summed E-state index contributed by atoms with van der Waals surface area (Å²) in [6, 6.07) is 0.0151. The summed E-state index contributed by atoms with van der Waals surface area (Å²) in [6.07, 6.45) is -14.8. The van der Waals surface area contributed by atoms with E-state index in [0.717, 1.165) is 0 Å². The first-order valence-corrected chi connectivity index (χ1v) is 15.5. The van der Waals surface area contributed by atoms with Gasteiger partial charge in [-0.3, -0.25) is 4.90 Å². The van der Waals surface area contributed by atoms with Crippen LogP contribution >= 0.6 is 0 Å². The highest BCUT2D eigenvalue weighted by Gasteiger charge is 2.51. The molecule has 0 amide bonds. The largest absolute Gasteiger partial charge is 0.544 e. The molecule has 5 rings (SSSR count). The standard InChI is InChI=1S/C30H38N2O18/c33-8-18-20(36)22(38)24(40)29(48-18)50-25-23(39)21(37)19(9-34)49-30(25)47-17-6-11-5-15(28(45)46)32(14(11)7-16(17)35)2-1-10-3-12(26(41)42)31-13(4-10)27(43)44/h1,3,6-7,13,15,18-25,29-31,33-40H,2,4-5,8-9H2,(H,41,42)(H,43,44)(H,45,46)/t13-,15-,18+,19+,20+,21+,22-,23-,24+,25+,29-,30+/m0/s1. The second-order valence-corrected chi connectivity index (χ2v) is 12.3. The second kappa shape index (κ2) is 15.1. The number of allylic oxidation sites excluding steroid dienone is 1. The van der Waals surface area contributed by atoms with E-state index in [1.807, 2.05) is 0 Å². The van der Waals surface area contributed by atoms with Crippen molar-refractivity contribution in [2.24, 2.45) is 0 Å². The highest BCUT2D eigenvalue weighted by Crippen LogP contribution is 2.37. The highest BCUT2D eigenvalue weighted by molar-refractivity contribution is 5.89. The smallest absolute Gasteiger partial charge is 0.351 e. The van der Waals surface area contributed by atoms with Gasteiger partial charge in [0.15, 0.2) is 23.9 Å². The van der Waals surface area contributed by atoms with Crippen LogP contribution < -0.4 is 20.1 Å². The van der Waals surface area contributed by atoms with Crippen LogP contribution in [0, 0.1) is 0 Å². The Hall–Kier alpha value is -3.93. The fourth-order valence-corrected chi connectivity index (χ4v) is 6.35. The molecule has 0 aromatic heterocycles. The molecule has 2 fully saturated rings. The molecule has 13 atom stereocenters. The number of carbonyl (C=O) groups is 3. The average Bonchev–Trinajstić information content (AvgIpc) is 3.43. The van der Waals surface area contributed by atoms with Crippen LogP contribution in [0.25, 0.3) is 0 Å². The zero-order valence-electron chi connectivity index (χ0n) is 26.0. The molecule has 4 heterocycles. The molecule has 1 unspecified atom stereocenters. The molecular formula is C30H38N2O18. The maximum absolute atomic E-state index is 12.2. The zero-order chi connectivity index (χ0) is 36.6. The lowest BCUT2D eigenvalue weighted by atomic mass is 9.97. The topological polar surface area (TPSA) is 330 Å². The van der Waals surface area contributed by atoms with E-state index in [1.54, 1.807) is 0 Å². The van der Waals surface area contributed by atoms with Crippen molar-refractivity contribution in [2.75, 3.05) is 19.8 Å². The lowest BCUT2D eigenvalue weighted by Crippen LogP contribution is -3.11. The number of nitrogens with one attached hydrogen (secondary N) is 2. The van der Waals surface area contributed by atoms with Gasteiger partial charge in [-0.05, 0) is 23.8 Å². The number of phenolic OH excluding ortho intramolecular Hbond substituents is 1. The fraction of sp³-hybridized carbons (Fsp3) is 0.567. The van der Waals surface area contributed by atoms with Crippen molar-refractivity contribution >= 4 is 23.6 Å². The third kappa shape index (κ3) is 7.41. The number of phenols is 1. The van der Waals surface area contributed by atoms with Crippen molar-refractivity contribution in [1.82, 2.24) is 5.32 Å². The number of carboxylic acids is 3. The number of ether oxygens (including phenoxy) is 4. The molecule has 2 saturated heterocycles. The minimum atomic E-state index is -1.92. The number of aliphatic carboxylic acids is 3. The Kier molecular flexibility index (Phi) is 11.3. The van der Waals surface area contributed by atoms with Gasteiger partial charge in [0, 0.05) is 24.5 Å². The molecule has 0 aliphatic carbocycles. The van der Waals surface area contributed by atoms with E-state index >= 15 is 0 Å². The Morgan fingerprint density at radius 3 is 2.16 bits per heavy atom. The van der Waals surface area contributed by atoms with E-state index < -0.39 is 110 Å². The van der Waals surface area contributed by atoms with Gasteiger partial charge in [0.05, 0.1) is 13.2 Å². The maximum atomic E-state index is 12.2. The van der Waals surface area contributed by atoms with Crippen LogP contribution in [0.2, 0.25) is 0 Å². The van der Waals surface area contributed by atoms with Gasteiger partial charge in [0.2, 0.25) is 6.29 Å². The molecule has 12 N–H and O–H groups in total. The predicted octanol–water partition coefficient (Wildman–Crippen LogP) is -7.07. The number of quaternary nitrogens is 1. The van der Waals surface area contributed by atoms with Crippen molar-refractivity contribution in [2.45, 2.75) is 86.3 Å². The van der Waals surface area contributed by atoms with Crippen LogP contribution in [-0.4, -0.2) is 162 Å². The number of fused-ring (bicyclic) bond motifs is 1. The monoisotopic (exact) mass is 714 g/mol. The number of rotatable bonds is 11. The van der Waals surface area contributed by atoms with Crippen LogP contribution in [0.15, 0.2) is 35.6 Å². The molecule has 0 saturated carbocycles. The predicted molar refractivity (Wildman–Crippen MR) is 156 cm³/mol. The van der Waals surface area contributed by atoms with E-state index in [4.69, 9.17) is 18.9 Å². The summed E-state index contributed by atoms with van der Waals surface area (Å²) in [5.41, 5.74) is 0.587. The molecule has 276 valence electrons. The van der Waals surface area contributed by atoms with E-state index in [-0.39, 0.29) is 41.4 Å². The Balaban J connectivity index is 1.41. The van der Waals surface area contributed by atoms with Crippen LogP contribution in [0.3, 0.4) is 0 Å². The van der Waals surface area contributed by atoms with Crippen LogP contribution in [0.5, 0.6) is 11.5 Å². The molecule has 4 aliphatic rings. The SMILES string of the molecule is O=C(O)C1=CC(=CC[NH+]2c3cc(O)c(O[C@@H]4O[C@H](CO)[C@@H](O)[C@H](O)[C@H]4O[C@@H]4O[C@H](CO)[C@@H](O)[C@H](O)[C@H]4O)cc3C[C@H]2C(=O)[O-])C[C@@H](C(=O)O)N1. The van der Waals surface area contributed by atoms with Crippen molar-refractivity contribution in [1.29, 1.82) is 0 Å². The van der Waals surface area contributed by atoms with E-state index in [1.165, 1.54) is 24.3 Å². The van der Waals surface area contributed by atoms with Gasteiger partial charge in [-0.2, -0.15) is 0 Å². The molecular weight excluding hydrogens is 676 g/mol. The summed E-state index contributed by atoms with van der Waals surface area (Å²) in [6.45, 7) is -1.69. The van der Waals surface area contributed by atoms with Gasteiger partial charge >= 0.3 is 11.9 Å². The fourth-order valence-electron chi connectivity index (χ4n) is 6.35. The lowest BCUT2D eigenvalue weighted by Gasteiger charge is -2.45. The minimum absolute atomic E-state index is 0.0840. The van der Waals surface area contributed by atoms with E-state index in [2.05, 4.69) is 5.32 Å². The molecule has 0 radical (unpaired) electrons. The Morgan fingerprint density at radius 1 is 0.920 bits per heavy atom. The van der Waals surface area contributed by atoms with Gasteiger partial charge in [-0.15, -0.1) is 0 Å². The summed E-state index contributed by atoms with van der Waals surface area (Å²) in [4.78, 5) is 35.5. The minimum Gasteiger partial charge on any atom is -0.544 e. The van der Waals surface area contributed by atoms with E-state index in [9.17, 15) is 70.6 Å². The first kappa shape index (κ1) is 37.3. The van der Waals surface area contributed by atoms with Gasteiger partial charge in [-0.25, -0.2) is 9.59 Å². The summed E-state index contributed by atoms with van der Waals surface area (Å²) >= 11 is 0. The number of benzene rings is 1. The lowest BCUT2D eigenvalue weighted by molar-refractivity contribution is -0.840. The number of aromatic hydroxyl groups is 1. The molecule has 1 aromatic carbocycles. The molecule has 0 bridgehead atoms. The number of aliphatic hydroxyl groups is 7. The third-order valence-electron chi connectivity index (χ3n) is 9.08. The number of carbonyl (C=O) groups excluding carboxylic acids is 1. The van der Waals surface area contributed by atoms with Crippen LogP contribution in [0.4, 0.5) is 5.69 Å². The molecule has 0 spiro atoms. The molecule has 1 aromatic rings. The van der Waals surface area contributed by atoms with Gasteiger partial charge in [0.25, 0.3) is 0 Å². The highest BCUT2D eigenvalue weighted by atomic mass is 16.8. The van der Waals surface area contributed by atoms with Gasteiger partial charge < -0.3 is 85.2 Å². The quantitative estimate of drug-likeness (QED) is 0.101. The Labute approximate surface area is 282 Å².